The molecule has 0 saturated carbocycles. The van der Waals surface area contributed by atoms with E-state index in [1.165, 1.54) is 12.4 Å². The fourth-order valence-electron chi connectivity index (χ4n) is 2.58. The van der Waals surface area contributed by atoms with E-state index in [0.29, 0.717) is 22.7 Å². The molecular weight excluding hydrogens is 348 g/mol. The Bertz CT molecular complexity index is 1150. The molecule has 0 aliphatic rings. The molecule has 0 aliphatic heterocycles. The molecule has 0 bridgehead atoms. The molecule has 1 N–H and O–H groups in total. The van der Waals surface area contributed by atoms with Crippen LogP contribution in [0.1, 0.15) is 0 Å². The van der Waals surface area contributed by atoms with Crippen LogP contribution in [0.15, 0.2) is 76.5 Å². The lowest BCUT2D eigenvalue weighted by Crippen LogP contribution is -2.21. The van der Waals surface area contributed by atoms with E-state index >= 15 is 0 Å². The van der Waals surface area contributed by atoms with E-state index in [2.05, 4.69) is 15.4 Å². The van der Waals surface area contributed by atoms with Crippen LogP contribution in [0.3, 0.4) is 0 Å². The van der Waals surface area contributed by atoms with Gasteiger partial charge in [0, 0.05) is 17.5 Å². The van der Waals surface area contributed by atoms with E-state index in [4.69, 9.17) is 9.15 Å². The van der Waals surface area contributed by atoms with Crippen molar-refractivity contribution in [3.05, 3.63) is 77.7 Å². The van der Waals surface area contributed by atoms with Gasteiger partial charge in [0.25, 0.3) is 5.91 Å². The van der Waals surface area contributed by atoms with Crippen LogP contribution in [0.25, 0.3) is 16.7 Å². The van der Waals surface area contributed by atoms with Crippen LogP contribution in [0, 0.1) is 0 Å². The molecule has 2 aromatic carbocycles. The SMILES string of the molecule is O=C(COc1ccc2ccc(=O)oc2c1)Nc1ccccc1-n1cncn1. The standard InChI is InChI=1S/C19H14N4O4/c24-18(22-15-3-1-2-4-16(15)23-12-20-11-21-23)10-26-14-7-5-13-6-8-19(25)27-17(13)9-14/h1-9,11-12H,10H2,(H,22,24). The summed E-state index contributed by atoms with van der Waals surface area (Å²) in [5.41, 5.74) is 1.23. The highest BCUT2D eigenvalue weighted by Crippen LogP contribution is 2.20. The number of benzene rings is 2. The molecule has 8 nitrogen and oxygen atoms in total. The van der Waals surface area contributed by atoms with Crippen LogP contribution in [-0.2, 0) is 4.79 Å². The van der Waals surface area contributed by atoms with Gasteiger partial charge in [-0.1, -0.05) is 12.1 Å². The van der Waals surface area contributed by atoms with Crippen molar-refractivity contribution in [3.63, 3.8) is 0 Å². The number of amides is 1. The highest BCUT2D eigenvalue weighted by molar-refractivity contribution is 5.93. The summed E-state index contributed by atoms with van der Waals surface area (Å²) in [7, 11) is 0. The monoisotopic (exact) mass is 362 g/mol. The maximum Gasteiger partial charge on any atom is 0.336 e. The van der Waals surface area contributed by atoms with Crippen molar-refractivity contribution >= 4 is 22.6 Å². The Kier molecular flexibility index (Phi) is 4.36. The van der Waals surface area contributed by atoms with Gasteiger partial charge in [-0.15, -0.1) is 0 Å². The zero-order valence-electron chi connectivity index (χ0n) is 14.0. The van der Waals surface area contributed by atoms with Crippen LogP contribution in [0.5, 0.6) is 5.75 Å². The number of hydrogen-bond donors (Lipinski definition) is 1. The topological polar surface area (TPSA) is 99.2 Å². The average Bonchev–Trinajstić information content (AvgIpc) is 3.21. The maximum absolute atomic E-state index is 12.3. The van der Waals surface area contributed by atoms with Crippen LogP contribution < -0.4 is 15.7 Å². The molecule has 0 atom stereocenters. The fourth-order valence-corrected chi connectivity index (χ4v) is 2.58. The molecule has 0 unspecified atom stereocenters. The van der Waals surface area contributed by atoms with Gasteiger partial charge in [-0.3, -0.25) is 4.79 Å². The van der Waals surface area contributed by atoms with Crippen LogP contribution in [-0.4, -0.2) is 27.3 Å². The largest absolute Gasteiger partial charge is 0.484 e. The third kappa shape index (κ3) is 3.69. The zero-order valence-corrected chi connectivity index (χ0v) is 14.0. The molecule has 134 valence electrons. The summed E-state index contributed by atoms with van der Waals surface area (Å²) in [6.07, 6.45) is 2.96. The lowest BCUT2D eigenvalue weighted by Gasteiger charge is -2.11. The minimum Gasteiger partial charge on any atom is -0.484 e. The predicted octanol–water partition coefficient (Wildman–Crippen LogP) is 2.39. The summed E-state index contributed by atoms with van der Waals surface area (Å²) in [6.45, 7) is -0.200. The molecule has 2 aromatic heterocycles. The van der Waals surface area contributed by atoms with Gasteiger partial charge in [-0.05, 0) is 30.3 Å². The van der Waals surface area contributed by atoms with Crippen molar-refractivity contribution in [2.45, 2.75) is 0 Å². The Balaban J connectivity index is 1.46. The van der Waals surface area contributed by atoms with Crippen molar-refractivity contribution < 1.29 is 13.9 Å². The van der Waals surface area contributed by atoms with E-state index in [1.807, 2.05) is 18.2 Å². The number of fused-ring (bicyclic) bond motifs is 1. The number of para-hydroxylation sites is 2. The van der Waals surface area contributed by atoms with E-state index in [0.717, 1.165) is 5.39 Å². The Hall–Kier alpha value is -3.94. The number of hydrogen-bond acceptors (Lipinski definition) is 6. The number of anilines is 1. The first-order chi connectivity index (χ1) is 13.2. The van der Waals surface area contributed by atoms with Gasteiger partial charge in [-0.2, -0.15) is 5.10 Å². The number of aromatic nitrogens is 3. The Labute approximate surface area is 153 Å². The second-order valence-corrected chi connectivity index (χ2v) is 5.65. The van der Waals surface area contributed by atoms with Gasteiger partial charge in [-0.25, -0.2) is 14.5 Å². The molecule has 27 heavy (non-hydrogen) atoms. The molecule has 4 rings (SSSR count). The molecule has 4 aromatic rings. The first kappa shape index (κ1) is 16.5. The third-order valence-corrected chi connectivity index (χ3v) is 3.81. The quantitative estimate of drug-likeness (QED) is 0.547. The molecule has 0 aliphatic carbocycles. The second-order valence-electron chi connectivity index (χ2n) is 5.65. The number of rotatable bonds is 5. The van der Waals surface area contributed by atoms with Crippen molar-refractivity contribution in [2.24, 2.45) is 0 Å². The maximum atomic E-state index is 12.3. The van der Waals surface area contributed by atoms with Crippen LogP contribution in [0.2, 0.25) is 0 Å². The van der Waals surface area contributed by atoms with Gasteiger partial charge in [0.15, 0.2) is 6.61 Å². The third-order valence-electron chi connectivity index (χ3n) is 3.81. The first-order valence-corrected chi connectivity index (χ1v) is 8.10. The number of ether oxygens (including phenoxy) is 1. The van der Waals surface area contributed by atoms with Crippen molar-refractivity contribution in [2.75, 3.05) is 11.9 Å². The van der Waals surface area contributed by atoms with Crippen LogP contribution in [0.4, 0.5) is 5.69 Å². The lowest BCUT2D eigenvalue weighted by atomic mass is 10.2. The van der Waals surface area contributed by atoms with E-state index < -0.39 is 5.63 Å². The minimum atomic E-state index is -0.442. The predicted molar refractivity (Wildman–Crippen MR) is 98.0 cm³/mol. The highest BCUT2D eigenvalue weighted by Gasteiger charge is 2.10. The zero-order chi connectivity index (χ0) is 18.6. The normalized spacial score (nSPS) is 10.7. The van der Waals surface area contributed by atoms with Crippen molar-refractivity contribution in [1.29, 1.82) is 0 Å². The summed E-state index contributed by atoms with van der Waals surface area (Å²) in [5, 5.41) is 7.63. The Morgan fingerprint density at radius 1 is 1.15 bits per heavy atom. The van der Waals surface area contributed by atoms with Gasteiger partial charge >= 0.3 is 5.63 Å². The summed E-state index contributed by atoms with van der Waals surface area (Å²) in [4.78, 5) is 27.5. The number of nitrogens with one attached hydrogen (secondary N) is 1. The molecular formula is C19H14N4O4. The van der Waals surface area contributed by atoms with Gasteiger partial charge in [0.2, 0.25) is 0 Å². The molecule has 8 heteroatoms. The van der Waals surface area contributed by atoms with Gasteiger partial charge < -0.3 is 14.5 Å². The fraction of sp³-hybridized carbons (Fsp3) is 0.0526. The summed E-state index contributed by atoms with van der Waals surface area (Å²) in [5.74, 6) is 0.0914. The van der Waals surface area contributed by atoms with E-state index in [9.17, 15) is 9.59 Å². The summed E-state index contributed by atoms with van der Waals surface area (Å²) < 4.78 is 12.2. The van der Waals surface area contributed by atoms with E-state index in [-0.39, 0.29) is 12.5 Å². The summed E-state index contributed by atoms with van der Waals surface area (Å²) in [6, 6.07) is 15.3. The molecule has 0 spiro atoms. The summed E-state index contributed by atoms with van der Waals surface area (Å²) >= 11 is 0. The first-order valence-electron chi connectivity index (χ1n) is 8.10. The highest BCUT2D eigenvalue weighted by atomic mass is 16.5. The Morgan fingerprint density at radius 2 is 2.00 bits per heavy atom. The van der Waals surface area contributed by atoms with Crippen molar-refractivity contribution in [3.8, 4) is 11.4 Å². The minimum absolute atomic E-state index is 0.200. The van der Waals surface area contributed by atoms with Crippen molar-refractivity contribution in [1.82, 2.24) is 14.8 Å². The average molecular weight is 362 g/mol. The molecule has 0 fully saturated rings. The Morgan fingerprint density at radius 3 is 2.85 bits per heavy atom. The smallest absolute Gasteiger partial charge is 0.336 e. The second kappa shape index (κ2) is 7.12. The molecule has 2 heterocycles. The molecule has 0 saturated heterocycles. The van der Waals surface area contributed by atoms with E-state index in [1.54, 1.807) is 41.3 Å². The number of carbonyl (C=O) groups excluding carboxylic acids is 1. The number of carbonyl (C=O) groups is 1. The van der Waals surface area contributed by atoms with Gasteiger partial charge in [0.1, 0.15) is 24.0 Å². The lowest BCUT2D eigenvalue weighted by molar-refractivity contribution is -0.118. The van der Waals surface area contributed by atoms with Crippen LogP contribution >= 0.6 is 0 Å². The molecule has 0 radical (unpaired) electrons. The number of nitrogens with zero attached hydrogens (tertiary/aromatic N) is 3. The molecule has 1 amide bonds. The van der Waals surface area contributed by atoms with Gasteiger partial charge in [0.05, 0.1) is 11.4 Å².